The molecule has 1 aliphatic heterocycles. The first-order chi connectivity index (χ1) is 15.5. The van der Waals surface area contributed by atoms with E-state index in [2.05, 4.69) is 11.9 Å². The van der Waals surface area contributed by atoms with Gasteiger partial charge in [-0.15, -0.1) is 0 Å². The summed E-state index contributed by atoms with van der Waals surface area (Å²) in [4.78, 5) is 29.4. The Balaban J connectivity index is 1.43. The molecule has 2 atom stereocenters. The van der Waals surface area contributed by atoms with Crippen LogP contribution in [0.5, 0.6) is 5.75 Å². The summed E-state index contributed by atoms with van der Waals surface area (Å²) in [5.41, 5.74) is 3.29. The lowest BCUT2D eigenvalue weighted by Gasteiger charge is -2.35. The van der Waals surface area contributed by atoms with Crippen molar-refractivity contribution in [1.82, 2.24) is 15.3 Å². The molecule has 2 aromatic rings. The molecule has 0 radical (unpaired) electrons. The monoisotopic (exact) mass is 437 g/mol. The van der Waals surface area contributed by atoms with Crippen molar-refractivity contribution in [3.8, 4) is 5.75 Å². The number of carbonyl (C=O) groups is 2. The van der Waals surface area contributed by atoms with Crippen LogP contribution in [-0.4, -0.2) is 60.0 Å². The van der Waals surface area contributed by atoms with Gasteiger partial charge in [0.05, 0.1) is 5.41 Å². The van der Waals surface area contributed by atoms with Crippen LogP contribution in [-0.2, 0) is 22.6 Å². The Kier molecular flexibility index (Phi) is 6.77. The van der Waals surface area contributed by atoms with Crippen LogP contribution in [0.2, 0.25) is 0 Å². The molecule has 7 heteroatoms. The fourth-order valence-electron chi connectivity index (χ4n) is 4.60. The predicted octanol–water partition coefficient (Wildman–Crippen LogP) is 2.48. The quantitative estimate of drug-likeness (QED) is 0.490. The molecule has 7 nitrogen and oxygen atoms in total. The maximum atomic E-state index is 13.5. The van der Waals surface area contributed by atoms with Crippen LogP contribution in [0.1, 0.15) is 24.0 Å². The zero-order valence-corrected chi connectivity index (χ0v) is 18.5. The first kappa shape index (κ1) is 22.3. The highest BCUT2D eigenvalue weighted by atomic mass is 16.5. The van der Waals surface area contributed by atoms with Gasteiger partial charge in [-0.3, -0.25) is 14.8 Å². The summed E-state index contributed by atoms with van der Waals surface area (Å²) in [6, 6.07) is 17.9. The fraction of sp³-hybridized carbons (Fsp3) is 0.440. The van der Waals surface area contributed by atoms with Crippen LogP contribution in [0.25, 0.3) is 0 Å². The van der Waals surface area contributed by atoms with E-state index < -0.39 is 11.3 Å². The van der Waals surface area contributed by atoms with Gasteiger partial charge in [-0.25, -0.2) is 5.48 Å². The van der Waals surface area contributed by atoms with Crippen LogP contribution in [0, 0.1) is 11.3 Å². The lowest BCUT2D eigenvalue weighted by atomic mass is 9.90. The van der Waals surface area contributed by atoms with Crippen molar-refractivity contribution in [2.75, 3.05) is 33.2 Å². The number of hydrogen-bond acceptors (Lipinski definition) is 5. The standard InChI is InChI=1S/C25H31N3O4/c1-27-11-13-28(14-12-27)24(30)25(17-21(25)15-23(29)26-31)16-19-7-9-22(10-8-19)32-18-20-5-3-2-4-6-20/h2-10,21,31H,11-18H2,1H3,(H,26,29). The molecule has 1 saturated heterocycles. The van der Waals surface area contributed by atoms with E-state index in [0.29, 0.717) is 32.5 Å². The number of likely N-dealkylation sites (N-methyl/N-ethyl adjacent to an activating group) is 1. The van der Waals surface area contributed by atoms with E-state index in [1.807, 2.05) is 59.5 Å². The first-order valence-corrected chi connectivity index (χ1v) is 11.2. The summed E-state index contributed by atoms with van der Waals surface area (Å²) >= 11 is 0. The van der Waals surface area contributed by atoms with Crippen LogP contribution in [0.15, 0.2) is 54.6 Å². The van der Waals surface area contributed by atoms with Gasteiger partial charge >= 0.3 is 0 Å². The SMILES string of the molecule is CN1CCN(C(=O)C2(Cc3ccc(OCc4ccccc4)cc3)CC2CC(=O)NO)CC1. The van der Waals surface area contributed by atoms with Crippen LogP contribution in [0.3, 0.4) is 0 Å². The number of nitrogens with zero attached hydrogens (tertiary/aromatic N) is 2. The van der Waals surface area contributed by atoms with Crippen molar-refractivity contribution in [2.45, 2.75) is 25.9 Å². The normalized spacial score (nSPS) is 22.9. The summed E-state index contributed by atoms with van der Waals surface area (Å²) in [5, 5.41) is 8.94. The van der Waals surface area contributed by atoms with Gasteiger partial charge < -0.3 is 14.5 Å². The Bertz CT molecular complexity index is 926. The number of piperazine rings is 1. The van der Waals surface area contributed by atoms with Gasteiger partial charge in [0.15, 0.2) is 0 Å². The molecule has 4 rings (SSSR count). The Labute approximate surface area is 188 Å². The van der Waals surface area contributed by atoms with Crippen molar-refractivity contribution in [3.63, 3.8) is 0 Å². The number of nitrogens with one attached hydrogen (secondary N) is 1. The molecule has 0 spiro atoms. The van der Waals surface area contributed by atoms with Gasteiger partial charge in [0.2, 0.25) is 11.8 Å². The zero-order valence-electron chi connectivity index (χ0n) is 18.5. The van der Waals surface area contributed by atoms with Crippen molar-refractivity contribution in [3.05, 3.63) is 65.7 Å². The molecule has 1 heterocycles. The third-order valence-corrected chi connectivity index (χ3v) is 6.70. The molecule has 2 amide bonds. The highest BCUT2D eigenvalue weighted by Gasteiger charge is 2.61. The third kappa shape index (κ3) is 5.11. The minimum atomic E-state index is -0.575. The molecule has 2 unspecified atom stereocenters. The predicted molar refractivity (Wildman–Crippen MR) is 120 cm³/mol. The Morgan fingerprint density at radius 3 is 2.38 bits per heavy atom. The number of benzene rings is 2. The molecule has 170 valence electrons. The average molecular weight is 438 g/mol. The van der Waals surface area contributed by atoms with E-state index >= 15 is 0 Å². The van der Waals surface area contributed by atoms with Gasteiger partial charge in [0.1, 0.15) is 12.4 Å². The van der Waals surface area contributed by atoms with E-state index in [1.165, 1.54) is 0 Å². The van der Waals surface area contributed by atoms with Gasteiger partial charge in [-0.2, -0.15) is 0 Å². The molecule has 2 aromatic carbocycles. The second-order valence-electron chi connectivity index (χ2n) is 8.99. The molecule has 0 aromatic heterocycles. The molecule has 2 N–H and O–H groups in total. The Hall–Kier alpha value is -2.90. The summed E-state index contributed by atoms with van der Waals surface area (Å²) in [6.07, 6.45) is 1.41. The maximum Gasteiger partial charge on any atom is 0.243 e. The molecular weight excluding hydrogens is 406 g/mol. The highest BCUT2D eigenvalue weighted by molar-refractivity contribution is 5.88. The molecule has 2 aliphatic rings. The third-order valence-electron chi connectivity index (χ3n) is 6.70. The number of amides is 2. The first-order valence-electron chi connectivity index (χ1n) is 11.2. The number of rotatable bonds is 8. The fourth-order valence-corrected chi connectivity index (χ4v) is 4.60. The van der Waals surface area contributed by atoms with Gasteiger partial charge in [0, 0.05) is 32.6 Å². The van der Waals surface area contributed by atoms with Crippen molar-refractivity contribution in [2.24, 2.45) is 11.3 Å². The zero-order chi connectivity index (χ0) is 22.6. The van der Waals surface area contributed by atoms with Crippen LogP contribution < -0.4 is 10.2 Å². The van der Waals surface area contributed by atoms with Crippen molar-refractivity contribution < 1.29 is 19.5 Å². The van der Waals surface area contributed by atoms with E-state index in [0.717, 1.165) is 30.0 Å². The number of hydrogen-bond donors (Lipinski definition) is 2. The van der Waals surface area contributed by atoms with E-state index in [-0.39, 0.29) is 18.2 Å². The molecule has 32 heavy (non-hydrogen) atoms. The minimum Gasteiger partial charge on any atom is -0.489 e. The van der Waals surface area contributed by atoms with E-state index in [1.54, 1.807) is 5.48 Å². The maximum absolute atomic E-state index is 13.5. The average Bonchev–Trinajstić information content (AvgIpc) is 3.51. The second-order valence-corrected chi connectivity index (χ2v) is 8.99. The molecular formula is C25H31N3O4. The number of carbonyl (C=O) groups excluding carboxylic acids is 2. The number of ether oxygens (including phenoxy) is 1. The van der Waals surface area contributed by atoms with Crippen LogP contribution >= 0.6 is 0 Å². The summed E-state index contributed by atoms with van der Waals surface area (Å²) in [7, 11) is 2.06. The minimum absolute atomic E-state index is 0.0594. The lowest BCUT2D eigenvalue weighted by molar-refractivity contribution is -0.139. The van der Waals surface area contributed by atoms with E-state index in [4.69, 9.17) is 9.94 Å². The summed E-state index contributed by atoms with van der Waals surface area (Å²) in [5.74, 6) is 0.415. The lowest BCUT2D eigenvalue weighted by Crippen LogP contribution is -2.50. The van der Waals surface area contributed by atoms with Gasteiger partial charge in [-0.05, 0) is 49.1 Å². The second kappa shape index (κ2) is 9.71. The van der Waals surface area contributed by atoms with E-state index in [9.17, 15) is 9.59 Å². The molecule has 0 bridgehead atoms. The summed E-state index contributed by atoms with van der Waals surface area (Å²) < 4.78 is 5.87. The van der Waals surface area contributed by atoms with Gasteiger partial charge in [-0.1, -0.05) is 42.5 Å². The van der Waals surface area contributed by atoms with Crippen LogP contribution in [0.4, 0.5) is 0 Å². The largest absolute Gasteiger partial charge is 0.489 e. The summed E-state index contributed by atoms with van der Waals surface area (Å²) in [6.45, 7) is 3.64. The molecule has 1 saturated carbocycles. The van der Waals surface area contributed by atoms with Gasteiger partial charge in [0.25, 0.3) is 0 Å². The van der Waals surface area contributed by atoms with Crippen molar-refractivity contribution in [1.29, 1.82) is 0 Å². The smallest absolute Gasteiger partial charge is 0.243 e. The highest BCUT2D eigenvalue weighted by Crippen LogP contribution is 2.58. The topological polar surface area (TPSA) is 82.1 Å². The molecule has 2 fully saturated rings. The molecule has 1 aliphatic carbocycles. The Morgan fingerprint density at radius 1 is 1.03 bits per heavy atom. The number of hydroxylamine groups is 1. The Morgan fingerprint density at radius 2 is 1.72 bits per heavy atom. The van der Waals surface area contributed by atoms with Crippen molar-refractivity contribution >= 4 is 11.8 Å².